The third-order valence-electron chi connectivity index (χ3n) is 5.11. The molecule has 0 amide bonds. The van der Waals surface area contributed by atoms with Crippen molar-refractivity contribution >= 4 is 11.6 Å². The fourth-order valence-electron chi connectivity index (χ4n) is 3.99. The zero-order chi connectivity index (χ0) is 14.7. The maximum Gasteiger partial charge on any atom is 0.0406 e. The van der Waals surface area contributed by atoms with Gasteiger partial charge in [0, 0.05) is 23.1 Å². The number of nitrogens with one attached hydrogen (secondary N) is 1. The first-order chi connectivity index (χ1) is 10.3. The third kappa shape index (κ3) is 3.80. The maximum absolute atomic E-state index is 6.02. The van der Waals surface area contributed by atoms with Gasteiger partial charge in [-0.05, 0) is 62.9 Å². The van der Waals surface area contributed by atoms with Gasteiger partial charge in [0.1, 0.15) is 0 Å². The van der Waals surface area contributed by atoms with Gasteiger partial charge in [-0.15, -0.1) is 0 Å². The van der Waals surface area contributed by atoms with Crippen molar-refractivity contribution in [1.82, 2.24) is 10.2 Å². The zero-order valence-electron chi connectivity index (χ0n) is 13.0. The molecule has 2 fully saturated rings. The molecular formula is C18H27ClN2. The van der Waals surface area contributed by atoms with Crippen LogP contribution in [-0.4, -0.2) is 30.1 Å². The van der Waals surface area contributed by atoms with Crippen molar-refractivity contribution in [2.45, 2.75) is 63.6 Å². The highest BCUT2D eigenvalue weighted by Crippen LogP contribution is 2.29. The van der Waals surface area contributed by atoms with Crippen molar-refractivity contribution in [2.24, 2.45) is 0 Å². The fourth-order valence-corrected chi connectivity index (χ4v) is 4.12. The Morgan fingerprint density at radius 2 is 2.05 bits per heavy atom. The van der Waals surface area contributed by atoms with E-state index >= 15 is 0 Å². The van der Waals surface area contributed by atoms with Gasteiger partial charge in [0.2, 0.25) is 0 Å². The summed E-state index contributed by atoms with van der Waals surface area (Å²) < 4.78 is 0. The fraction of sp³-hybridized carbons (Fsp3) is 0.667. The number of hydrogen-bond acceptors (Lipinski definition) is 2. The second-order valence-corrected chi connectivity index (χ2v) is 7.05. The number of hydrogen-bond donors (Lipinski definition) is 1. The van der Waals surface area contributed by atoms with Gasteiger partial charge >= 0.3 is 0 Å². The van der Waals surface area contributed by atoms with Crippen molar-refractivity contribution in [3.63, 3.8) is 0 Å². The molecule has 1 aromatic rings. The minimum atomic E-state index is 0.477. The molecule has 3 unspecified atom stereocenters. The summed E-state index contributed by atoms with van der Waals surface area (Å²) in [7, 11) is 0. The molecule has 21 heavy (non-hydrogen) atoms. The molecule has 0 spiro atoms. The van der Waals surface area contributed by atoms with Gasteiger partial charge in [-0.3, -0.25) is 0 Å². The lowest BCUT2D eigenvalue weighted by Gasteiger charge is -2.37. The first kappa shape index (κ1) is 15.3. The van der Waals surface area contributed by atoms with Crippen molar-refractivity contribution in [1.29, 1.82) is 0 Å². The van der Waals surface area contributed by atoms with Gasteiger partial charge in [-0.2, -0.15) is 0 Å². The number of piperidine rings is 1. The van der Waals surface area contributed by atoms with Crippen LogP contribution in [-0.2, 0) is 0 Å². The van der Waals surface area contributed by atoms with Crippen LogP contribution in [0.2, 0.25) is 5.02 Å². The topological polar surface area (TPSA) is 15.3 Å². The Balaban J connectivity index is 1.63. The molecule has 3 rings (SSSR count). The van der Waals surface area contributed by atoms with E-state index in [9.17, 15) is 0 Å². The molecular weight excluding hydrogens is 280 g/mol. The van der Waals surface area contributed by atoms with E-state index in [4.69, 9.17) is 11.6 Å². The van der Waals surface area contributed by atoms with Crippen LogP contribution in [0, 0.1) is 0 Å². The Bertz CT molecular complexity index is 445. The highest BCUT2D eigenvalue weighted by Gasteiger charge is 2.32. The number of halogens is 1. The van der Waals surface area contributed by atoms with E-state index in [1.165, 1.54) is 57.2 Å². The monoisotopic (exact) mass is 306 g/mol. The number of nitrogens with zero attached hydrogens (tertiary/aromatic N) is 1. The molecule has 3 atom stereocenters. The highest BCUT2D eigenvalue weighted by molar-refractivity contribution is 6.30. The summed E-state index contributed by atoms with van der Waals surface area (Å²) >= 11 is 6.02. The molecule has 1 aromatic carbocycles. The molecule has 2 aliphatic rings. The Kier molecular flexibility index (Phi) is 5.20. The van der Waals surface area contributed by atoms with Crippen molar-refractivity contribution < 1.29 is 0 Å². The van der Waals surface area contributed by atoms with E-state index in [1.807, 2.05) is 12.1 Å². The van der Waals surface area contributed by atoms with Gasteiger partial charge in [0.25, 0.3) is 0 Å². The maximum atomic E-state index is 6.02. The minimum Gasteiger partial charge on any atom is -0.307 e. The molecule has 2 saturated heterocycles. The molecule has 0 saturated carbocycles. The smallest absolute Gasteiger partial charge is 0.0406 e. The standard InChI is InChI=1S/C18H27ClN2/c1-2-4-18(14-6-8-15(19)9-7-14)20-16-10-12-21-11-3-5-17(21)13-16/h6-9,16-18,20H,2-5,10-13H2,1H3. The summed E-state index contributed by atoms with van der Waals surface area (Å²) in [6.07, 6.45) is 7.83. The average molecular weight is 307 g/mol. The number of benzene rings is 1. The number of fused-ring (bicyclic) bond motifs is 1. The Labute approximate surface area is 133 Å². The van der Waals surface area contributed by atoms with Crippen LogP contribution >= 0.6 is 11.6 Å². The van der Waals surface area contributed by atoms with Crippen LogP contribution in [0.4, 0.5) is 0 Å². The lowest BCUT2D eigenvalue weighted by Crippen LogP contribution is -2.46. The molecule has 2 aliphatic heterocycles. The molecule has 1 N–H and O–H groups in total. The van der Waals surface area contributed by atoms with Gasteiger partial charge in [0.05, 0.1) is 0 Å². The predicted octanol–water partition coefficient (Wildman–Crippen LogP) is 4.40. The summed E-state index contributed by atoms with van der Waals surface area (Å²) in [6, 6.07) is 10.4. The second-order valence-electron chi connectivity index (χ2n) is 6.61. The summed E-state index contributed by atoms with van der Waals surface area (Å²) in [4.78, 5) is 2.69. The molecule has 0 aliphatic carbocycles. The number of rotatable bonds is 5. The van der Waals surface area contributed by atoms with Crippen LogP contribution in [0.1, 0.15) is 57.1 Å². The summed E-state index contributed by atoms with van der Waals surface area (Å²) in [5.74, 6) is 0. The van der Waals surface area contributed by atoms with E-state index in [1.54, 1.807) is 0 Å². The predicted molar refractivity (Wildman–Crippen MR) is 89.9 cm³/mol. The van der Waals surface area contributed by atoms with Gasteiger partial charge in [0.15, 0.2) is 0 Å². The first-order valence-corrected chi connectivity index (χ1v) is 8.89. The summed E-state index contributed by atoms with van der Waals surface area (Å²) in [5, 5.41) is 4.76. The molecule has 0 radical (unpaired) electrons. The highest BCUT2D eigenvalue weighted by atomic mass is 35.5. The molecule has 2 nitrogen and oxygen atoms in total. The Morgan fingerprint density at radius 1 is 1.24 bits per heavy atom. The normalized spacial score (nSPS) is 27.5. The van der Waals surface area contributed by atoms with Crippen molar-refractivity contribution in [3.8, 4) is 0 Å². The Hall–Kier alpha value is -0.570. The molecule has 116 valence electrons. The van der Waals surface area contributed by atoms with Crippen LogP contribution in [0.25, 0.3) is 0 Å². The summed E-state index contributed by atoms with van der Waals surface area (Å²) in [6.45, 7) is 4.87. The van der Waals surface area contributed by atoms with E-state index in [2.05, 4.69) is 29.3 Å². The molecule has 0 aromatic heterocycles. The summed E-state index contributed by atoms with van der Waals surface area (Å²) in [5.41, 5.74) is 1.38. The third-order valence-corrected chi connectivity index (χ3v) is 5.36. The van der Waals surface area contributed by atoms with Gasteiger partial charge in [-0.1, -0.05) is 37.1 Å². The van der Waals surface area contributed by atoms with E-state index in [0.29, 0.717) is 12.1 Å². The average Bonchev–Trinajstić information content (AvgIpc) is 2.95. The molecule has 0 bridgehead atoms. The largest absolute Gasteiger partial charge is 0.307 e. The lowest BCUT2D eigenvalue weighted by molar-refractivity contribution is 0.159. The van der Waals surface area contributed by atoms with Crippen molar-refractivity contribution in [3.05, 3.63) is 34.9 Å². The van der Waals surface area contributed by atoms with E-state index in [-0.39, 0.29) is 0 Å². The second kappa shape index (κ2) is 7.13. The quantitative estimate of drug-likeness (QED) is 0.867. The minimum absolute atomic E-state index is 0.477. The van der Waals surface area contributed by atoms with Crippen LogP contribution in [0.5, 0.6) is 0 Å². The molecule has 3 heteroatoms. The van der Waals surface area contributed by atoms with E-state index in [0.717, 1.165) is 11.1 Å². The Morgan fingerprint density at radius 3 is 2.81 bits per heavy atom. The van der Waals surface area contributed by atoms with Crippen molar-refractivity contribution in [2.75, 3.05) is 13.1 Å². The first-order valence-electron chi connectivity index (χ1n) is 8.52. The van der Waals surface area contributed by atoms with Crippen LogP contribution < -0.4 is 5.32 Å². The van der Waals surface area contributed by atoms with E-state index < -0.39 is 0 Å². The van der Waals surface area contributed by atoms with Crippen LogP contribution in [0.3, 0.4) is 0 Å². The van der Waals surface area contributed by atoms with Crippen LogP contribution in [0.15, 0.2) is 24.3 Å². The SMILES string of the molecule is CCCC(NC1CCN2CCCC2C1)c1ccc(Cl)cc1. The van der Waals surface area contributed by atoms with Gasteiger partial charge < -0.3 is 10.2 Å². The lowest BCUT2D eigenvalue weighted by atomic mass is 9.94. The van der Waals surface area contributed by atoms with Gasteiger partial charge in [-0.25, -0.2) is 0 Å². The molecule has 2 heterocycles. The zero-order valence-corrected chi connectivity index (χ0v) is 13.8.